The lowest BCUT2D eigenvalue weighted by Crippen LogP contribution is -2.13. The summed E-state index contributed by atoms with van der Waals surface area (Å²) in [5.41, 5.74) is 5.85. The summed E-state index contributed by atoms with van der Waals surface area (Å²) in [5, 5.41) is 5.27. The molecule has 0 radical (unpaired) electrons. The number of hydrogen-bond donors (Lipinski definition) is 1. The molecule has 5 nitrogen and oxygen atoms in total. The number of amides is 1. The van der Waals surface area contributed by atoms with E-state index in [9.17, 15) is 4.79 Å². The highest BCUT2D eigenvalue weighted by molar-refractivity contribution is 7.14. The maximum atomic E-state index is 12.1. The molecule has 1 N–H and O–H groups in total. The molecule has 3 aromatic rings. The van der Waals surface area contributed by atoms with Crippen LogP contribution in [-0.4, -0.2) is 20.9 Å². The average molecular weight is 324 g/mol. The summed E-state index contributed by atoms with van der Waals surface area (Å²) in [6.45, 7) is 6.23. The second-order valence-electron chi connectivity index (χ2n) is 5.36. The number of rotatable bonds is 3. The zero-order chi connectivity index (χ0) is 16.4. The molecule has 2 aromatic heterocycles. The third-order valence-electron chi connectivity index (χ3n) is 3.45. The van der Waals surface area contributed by atoms with Gasteiger partial charge < -0.3 is 0 Å². The maximum absolute atomic E-state index is 12.1. The summed E-state index contributed by atoms with van der Waals surface area (Å²) in [6, 6.07) is 4.28. The number of benzene rings is 1. The second-order valence-corrected chi connectivity index (χ2v) is 6.21. The van der Waals surface area contributed by atoms with E-state index in [2.05, 4.69) is 53.2 Å². The molecule has 0 aliphatic carbocycles. The van der Waals surface area contributed by atoms with Crippen molar-refractivity contribution in [2.24, 2.45) is 0 Å². The number of aromatic nitrogens is 3. The van der Waals surface area contributed by atoms with Crippen molar-refractivity contribution in [3.8, 4) is 11.3 Å². The van der Waals surface area contributed by atoms with E-state index in [1.54, 1.807) is 0 Å². The van der Waals surface area contributed by atoms with Crippen molar-refractivity contribution >= 4 is 22.4 Å². The first kappa shape index (κ1) is 15.3. The summed E-state index contributed by atoms with van der Waals surface area (Å²) >= 11 is 1.40. The Labute approximate surface area is 138 Å². The van der Waals surface area contributed by atoms with Gasteiger partial charge in [-0.2, -0.15) is 0 Å². The molecule has 0 aliphatic heterocycles. The summed E-state index contributed by atoms with van der Waals surface area (Å²) in [4.78, 5) is 24.5. The van der Waals surface area contributed by atoms with Gasteiger partial charge in [0.25, 0.3) is 5.91 Å². The van der Waals surface area contributed by atoms with Crippen molar-refractivity contribution in [3.63, 3.8) is 0 Å². The first-order valence-corrected chi connectivity index (χ1v) is 8.03. The van der Waals surface area contributed by atoms with E-state index in [1.807, 2.05) is 5.38 Å². The fraction of sp³-hybridized carbons (Fsp3) is 0.176. The van der Waals surface area contributed by atoms with Crippen LogP contribution >= 0.6 is 11.3 Å². The van der Waals surface area contributed by atoms with Crippen LogP contribution in [0.15, 0.2) is 36.1 Å². The number of aryl methyl sites for hydroxylation is 3. The fourth-order valence-electron chi connectivity index (χ4n) is 2.61. The predicted octanol–water partition coefficient (Wildman–Crippen LogP) is 3.78. The molecule has 0 saturated carbocycles. The van der Waals surface area contributed by atoms with Crippen LogP contribution in [0.3, 0.4) is 0 Å². The number of nitrogens with one attached hydrogen (secondary N) is 1. The highest BCUT2D eigenvalue weighted by Crippen LogP contribution is 2.31. The highest BCUT2D eigenvalue weighted by Gasteiger charge is 2.13. The topological polar surface area (TPSA) is 67.8 Å². The Morgan fingerprint density at radius 2 is 1.87 bits per heavy atom. The van der Waals surface area contributed by atoms with Gasteiger partial charge in [-0.3, -0.25) is 15.1 Å². The third kappa shape index (κ3) is 3.27. The van der Waals surface area contributed by atoms with E-state index >= 15 is 0 Å². The Morgan fingerprint density at radius 1 is 1.13 bits per heavy atom. The van der Waals surface area contributed by atoms with E-state index in [0.29, 0.717) is 5.13 Å². The molecule has 116 valence electrons. The minimum Gasteiger partial charge on any atom is -0.296 e. The van der Waals surface area contributed by atoms with Crippen molar-refractivity contribution in [3.05, 3.63) is 58.5 Å². The average Bonchev–Trinajstić information content (AvgIpc) is 2.95. The molecular formula is C17H16N4OS. The SMILES string of the molecule is Cc1cc(C)c(-c2csc(NC(=O)c3cnccn3)n2)c(C)c1. The van der Waals surface area contributed by atoms with Gasteiger partial charge in [0.1, 0.15) is 5.69 Å². The summed E-state index contributed by atoms with van der Waals surface area (Å²) in [7, 11) is 0. The standard InChI is InChI=1S/C17H16N4OS/c1-10-6-11(2)15(12(3)7-10)14-9-23-17(20-14)21-16(22)13-8-18-4-5-19-13/h4-9H,1-3H3,(H,20,21,22). The van der Waals surface area contributed by atoms with Crippen molar-refractivity contribution < 1.29 is 4.79 Å². The highest BCUT2D eigenvalue weighted by atomic mass is 32.1. The van der Waals surface area contributed by atoms with E-state index in [1.165, 1.54) is 46.6 Å². The van der Waals surface area contributed by atoms with Crippen molar-refractivity contribution in [2.45, 2.75) is 20.8 Å². The Hall–Kier alpha value is -2.60. The Balaban J connectivity index is 1.86. The van der Waals surface area contributed by atoms with Crippen LogP contribution in [0.1, 0.15) is 27.2 Å². The lowest BCUT2D eigenvalue weighted by Gasteiger charge is -2.08. The molecule has 23 heavy (non-hydrogen) atoms. The van der Waals surface area contributed by atoms with E-state index in [-0.39, 0.29) is 11.6 Å². The zero-order valence-electron chi connectivity index (χ0n) is 13.1. The molecule has 0 fully saturated rings. The van der Waals surface area contributed by atoms with E-state index < -0.39 is 0 Å². The molecule has 0 unspecified atom stereocenters. The summed E-state index contributed by atoms with van der Waals surface area (Å²) in [6.07, 6.45) is 4.44. The number of nitrogens with zero attached hydrogens (tertiary/aromatic N) is 3. The second kappa shape index (κ2) is 6.26. The molecule has 0 saturated heterocycles. The third-order valence-corrected chi connectivity index (χ3v) is 4.21. The van der Waals surface area contributed by atoms with Crippen LogP contribution in [0.5, 0.6) is 0 Å². The summed E-state index contributed by atoms with van der Waals surface area (Å²) in [5.74, 6) is -0.309. The van der Waals surface area contributed by atoms with Gasteiger partial charge in [0, 0.05) is 23.3 Å². The molecule has 3 rings (SSSR count). The number of carbonyl (C=O) groups is 1. The Kier molecular flexibility index (Phi) is 4.16. The van der Waals surface area contributed by atoms with Crippen LogP contribution in [0, 0.1) is 20.8 Å². The monoisotopic (exact) mass is 324 g/mol. The van der Waals surface area contributed by atoms with Gasteiger partial charge in [-0.1, -0.05) is 17.7 Å². The van der Waals surface area contributed by atoms with Gasteiger partial charge in [-0.05, 0) is 31.9 Å². The number of thiazole rings is 1. The first-order valence-electron chi connectivity index (χ1n) is 7.15. The van der Waals surface area contributed by atoms with Crippen LogP contribution in [0.4, 0.5) is 5.13 Å². The minimum absolute atomic E-state index is 0.270. The molecule has 1 aromatic carbocycles. The van der Waals surface area contributed by atoms with Crippen LogP contribution in [-0.2, 0) is 0 Å². The van der Waals surface area contributed by atoms with Gasteiger partial charge in [0.2, 0.25) is 0 Å². The lowest BCUT2D eigenvalue weighted by molar-refractivity contribution is 0.102. The van der Waals surface area contributed by atoms with Gasteiger partial charge in [-0.15, -0.1) is 11.3 Å². The van der Waals surface area contributed by atoms with Crippen molar-refractivity contribution in [1.82, 2.24) is 15.0 Å². The largest absolute Gasteiger partial charge is 0.296 e. The number of anilines is 1. The van der Waals surface area contributed by atoms with Gasteiger partial charge in [0.15, 0.2) is 5.13 Å². The molecule has 6 heteroatoms. The van der Waals surface area contributed by atoms with E-state index in [4.69, 9.17) is 0 Å². The van der Waals surface area contributed by atoms with Crippen LogP contribution < -0.4 is 5.32 Å². The molecule has 0 bridgehead atoms. The van der Waals surface area contributed by atoms with Gasteiger partial charge in [-0.25, -0.2) is 9.97 Å². The first-order chi connectivity index (χ1) is 11.0. The van der Waals surface area contributed by atoms with Crippen molar-refractivity contribution in [2.75, 3.05) is 5.32 Å². The van der Waals surface area contributed by atoms with Crippen LogP contribution in [0.25, 0.3) is 11.3 Å². The molecule has 2 heterocycles. The predicted molar refractivity (Wildman–Crippen MR) is 91.7 cm³/mol. The lowest BCUT2D eigenvalue weighted by atomic mass is 9.98. The normalized spacial score (nSPS) is 10.6. The molecular weight excluding hydrogens is 308 g/mol. The van der Waals surface area contributed by atoms with Crippen molar-refractivity contribution in [1.29, 1.82) is 0 Å². The van der Waals surface area contributed by atoms with E-state index in [0.717, 1.165) is 11.3 Å². The molecule has 0 aliphatic rings. The molecule has 0 spiro atoms. The minimum atomic E-state index is -0.309. The number of hydrogen-bond acceptors (Lipinski definition) is 5. The Bertz CT molecular complexity index is 835. The van der Waals surface area contributed by atoms with Gasteiger partial charge >= 0.3 is 0 Å². The smallest absolute Gasteiger partial charge is 0.277 e. The van der Waals surface area contributed by atoms with Gasteiger partial charge in [0.05, 0.1) is 11.9 Å². The fourth-order valence-corrected chi connectivity index (χ4v) is 3.30. The molecule has 1 amide bonds. The number of carbonyl (C=O) groups excluding carboxylic acids is 1. The summed E-state index contributed by atoms with van der Waals surface area (Å²) < 4.78 is 0. The molecule has 0 atom stereocenters. The Morgan fingerprint density at radius 3 is 2.52 bits per heavy atom. The maximum Gasteiger partial charge on any atom is 0.277 e. The quantitative estimate of drug-likeness (QED) is 0.796. The zero-order valence-corrected chi connectivity index (χ0v) is 13.9. The van der Waals surface area contributed by atoms with Crippen LogP contribution in [0.2, 0.25) is 0 Å².